The quantitative estimate of drug-likeness (QED) is 0.801. The topological polar surface area (TPSA) is 109 Å². The maximum absolute atomic E-state index is 11.1. The number of rotatable bonds is 2. The van der Waals surface area contributed by atoms with Crippen LogP contribution in [0.25, 0.3) is 10.8 Å². The van der Waals surface area contributed by atoms with E-state index in [2.05, 4.69) is 6.07 Å². The molecule has 0 aliphatic heterocycles. The number of benzene rings is 2. The Labute approximate surface area is 103 Å². The van der Waals surface area contributed by atoms with Crippen LogP contribution in [0.4, 0.5) is 0 Å². The molecule has 1 radical (unpaired) electrons. The highest BCUT2D eigenvalue weighted by atomic mass is 32.2. The molecule has 2 rings (SSSR count). The van der Waals surface area contributed by atoms with Gasteiger partial charge in [0, 0.05) is 11.5 Å². The fraction of sp³-hybridized carbons (Fsp3) is 0. The molecular weight excluding hydrogens is 280 g/mol. The molecule has 0 amide bonds. The number of hydrogen-bond acceptors (Lipinski definition) is 4. The molecule has 0 heterocycles. The first-order valence-electron chi connectivity index (χ1n) is 4.59. The van der Waals surface area contributed by atoms with Gasteiger partial charge in [0.2, 0.25) is 0 Å². The Hall–Kier alpha value is -1.48. The van der Waals surface area contributed by atoms with Crippen LogP contribution in [0.2, 0.25) is 0 Å². The Bertz CT molecular complexity index is 821. The molecule has 95 valence electrons. The summed E-state index contributed by atoms with van der Waals surface area (Å²) in [5.41, 5.74) is 0. The summed E-state index contributed by atoms with van der Waals surface area (Å²) in [7, 11) is -8.99. The van der Waals surface area contributed by atoms with E-state index in [0.717, 1.165) is 12.1 Å². The van der Waals surface area contributed by atoms with Crippen molar-refractivity contribution in [3.8, 4) is 0 Å². The molecule has 6 nitrogen and oxygen atoms in total. The Morgan fingerprint density at radius 1 is 0.889 bits per heavy atom. The van der Waals surface area contributed by atoms with Crippen LogP contribution in [-0.2, 0) is 20.2 Å². The summed E-state index contributed by atoms with van der Waals surface area (Å²) in [5.74, 6) is 0. The normalized spacial score (nSPS) is 12.8. The van der Waals surface area contributed by atoms with Gasteiger partial charge in [-0.2, -0.15) is 16.8 Å². The van der Waals surface area contributed by atoms with Crippen molar-refractivity contribution in [2.75, 3.05) is 0 Å². The van der Waals surface area contributed by atoms with Gasteiger partial charge in [-0.3, -0.25) is 9.11 Å². The lowest BCUT2D eigenvalue weighted by atomic mass is 10.1. The van der Waals surface area contributed by atoms with Gasteiger partial charge in [-0.1, -0.05) is 18.2 Å². The molecule has 2 aromatic carbocycles. The smallest absolute Gasteiger partial charge is 0.282 e. The van der Waals surface area contributed by atoms with Gasteiger partial charge in [0.25, 0.3) is 20.2 Å². The van der Waals surface area contributed by atoms with Crippen molar-refractivity contribution >= 4 is 31.0 Å². The van der Waals surface area contributed by atoms with Crippen molar-refractivity contribution < 1.29 is 25.9 Å². The van der Waals surface area contributed by atoms with Gasteiger partial charge in [-0.25, -0.2) is 0 Å². The number of fused-ring (bicyclic) bond motifs is 1. The molecule has 0 saturated carbocycles. The third kappa shape index (κ3) is 2.36. The second-order valence-corrected chi connectivity index (χ2v) is 6.27. The highest BCUT2D eigenvalue weighted by Gasteiger charge is 2.17. The van der Waals surface area contributed by atoms with E-state index in [0.29, 0.717) is 5.39 Å². The van der Waals surface area contributed by atoms with Crippen molar-refractivity contribution in [3.05, 3.63) is 36.4 Å². The van der Waals surface area contributed by atoms with E-state index >= 15 is 0 Å². The molecular formula is C10H7O6S2. The van der Waals surface area contributed by atoms with Crippen LogP contribution in [0.5, 0.6) is 0 Å². The molecule has 0 atom stereocenters. The van der Waals surface area contributed by atoms with Crippen LogP contribution in [0.1, 0.15) is 0 Å². The Balaban J connectivity index is 2.91. The Morgan fingerprint density at radius 2 is 1.56 bits per heavy atom. The molecule has 2 N–H and O–H groups in total. The summed E-state index contributed by atoms with van der Waals surface area (Å²) in [5, 5.41) is 0.271. The molecule has 8 heteroatoms. The third-order valence-corrected chi connectivity index (χ3v) is 3.97. The molecule has 0 aliphatic rings. The summed E-state index contributed by atoms with van der Waals surface area (Å²) < 4.78 is 62.1. The SMILES string of the molecule is O=S(=O)(O)c1[c]c2c(S(=O)(=O)O)cccc2cc1. The van der Waals surface area contributed by atoms with Gasteiger partial charge >= 0.3 is 0 Å². The van der Waals surface area contributed by atoms with E-state index in [-0.39, 0.29) is 5.39 Å². The molecule has 0 spiro atoms. The van der Waals surface area contributed by atoms with Crippen molar-refractivity contribution in [1.29, 1.82) is 0 Å². The van der Waals surface area contributed by atoms with E-state index in [1.807, 2.05) is 0 Å². The standard InChI is InChI=1S/C10H7O6S2/c11-17(12,13)8-5-4-7-2-1-3-10(9(7)6-8)18(14,15)16/h1-5H,(H,11,12,13)(H,14,15,16). The largest absolute Gasteiger partial charge is 0.295 e. The predicted molar refractivity (Wildman–Crippen MR) is 62.4 cm³/mol. The lowest BCUT2D eigenvalue weighted by Crippen LogP contribution is -2.02. The monoisotopic (exact) mass is 287 g/mol. The fourth-order valence-electron chi connectivity index (χ4n) is 1.52. The van der Waals surface area contributed by atoms with Crippen LogP contribution in [0, 0.1) is 6.07 Å². The van der Waals surface area contributed by atoms with E-state index in [4.69, 9.17) is 9.11 Å². The van der Waals surface area contributed by atoms with Crippen LogP contribution in [-0.4, -0.2) is 25.9 Å². The molecule has 0 fully saturated rings. The van der Waals surface area contributed by atoms with E-state index in [9.17, 15) is 16.8 Å². The van der Waals surface area contributed by atoms with Crippen molar-refractivity contribution in [3.63, 3.8) is 0 Å². The van der Waals surface area contributed by atoms with Gasteiger partial charge in [0.1, 0.15) is 9.79 Å². The first kappa shape index (κ1) is 13.0. The number of hydrogen-bond donors (Lipinski definition) is 2. The van der Waals surface area contributed by atoms with E-state index in [1.54, 1.807) is 0 Å². The van der Waals surface area contributed by atoms with Crippen LogP contribution < -0.4 is 0 Å². The van der Waals surface area contributed by atoms with Gasteiger partial charge < -0.3 is 0 Å². The third-order valence-electron chi connectivity index (χ3n) is 2.28. The van der Waals surface area contributed by atoms with Gasteiger partial charge in [-0.05, 0) is 17.5 Å². The molecule has 18 heavy (non-hydrogen) atoms. The fourth-order valence-corrected chi connectivity index (χ4v) is 2.66. The van der Waals surface area contributed by atoms with Crippen LogP contribution in [0.3, 0.4) is 0 Å². The molecule has 0 unspecified atom stereocenters. The minimum atomic E-state index is -4.50. The molecule has 0 aromatic heterocycles. The van der Waals surface area contributed by atoms with Gasteiger partial charge in [-0.15, -0.1) is 0 Å². The average Bonchev–Trinajstić information content (AvgIpc) is 2.25. The first-order chi connectivity index (χ1) is 8.19. The first-order valence-corrected chi connectivity index (χ1v) is 7.47. The van der Waals surface area contributed by atoms with E-state index in [1.165, 1.54) is 18.2 Å². The highest BCUT2D eigenvalue weighted by molar-refractivity contribution is 7.86. The minimum Gasteiger partial charge on any atom is -0.282 e. The lowest BCUT2D eigenvalue weighted by molar-refractivity contribution is 0.480. The lowest BCUT2D eigenvalue weighted by Gasteiger charge is -2.04. The van der Waals surface area contributed by atoms with Crippen molar-refractivity contribution in [2.45, 2.75) is 9.79 Å². The second-order valence-electron chi connectivity index (χ2n) is 3.49. The zero-order valence-corrected chi connectivity index (χ0v) is 10.4. The Kier molecular flexibility index (Phi) is 2.90. The summed E-state index contributed by atoms with van der Waals surface area (Å²) in [6.07, 6.45) is 0. The summed E-state index contributed by atoms with van der Waals surface area (Å²) >= 11 is 0. The van der Waals surface area contributed by atoms with Crippen LogP contribution in [0.15, 0.2) is 40.1 Å². The zero-order valence-electron chi connectivity index (χ0n) is 8.73. The highest BCUT2D eigenvalue weighted by Crippen LogP contribution is 2.25. The minimum absolute atomic E-state index is 0.102. The Morgan fingerprint density at radius 3 is 2.11 bits per heavy atom. The van der Waals surface area contributed by atoms with Gasteiger partial charge in [0.05, 0.1) is 0 Å². The van der Waals surface area contributed by atoms with Crippen LogP contribution >= 0.6 is 0 Å². The van der Waals surface area contributed by atoms with Crippen molar-refractivity contribution in [2.24, 2.45) is 0 Å². The molecule has 0 saturated heterocycles. The summed E-state index contributed by atoms with van der Waals surface area (Å²) in [6.45, 7) is 0. The molecule has 0 bridgehead atoms. The molecule has 0 aliphatic carbocycles. The van der Waals surface area contributed by atoms with Gasteiger partial charge in [0.15, 0.2) is 0 Å². The average molecular weight is 287 g/mol. The summed E-state index contributed by atoms with van der Waals surface area (Å²) in [6, 6.07) is 8.69. The maximum Gasteiger partial charge on any atom is 0.295 e. The molecule has 2 aromatic rings. The van der Waals surface area contributed by atoms with Crippen molar-refractivity contribution in [1.82, 2.24) is 0 Å². The summed E-state index contributed by atoms with van der Waals surface area (Å²) in [4.78, 5) is -1.03. The predicted octanol–water partition coefficient (Wildman–Crippen LogP) is 1.13. The maximum atomic E-state index is 11.1. The van der Waals surface area contributed by atoms with E-state index < -0.39 is 30.0 Å². The second kappa shape index (κ2) is 4.02. The zero-order chi connectivity index (χ0) is 13.6.